The second-order valence-electron chi connectivity index (χ2n) is 7.54. The van der Waals surface area contributed by atoms with Crippen LogP contribution < -0.4 is 14.2 Å². The Morgan fingerprint density at radius 3 is 2.32 bits per heavy atom. The molecule has 0 radical (unpaired) electrons. The molecule has 0 heterocycles. The molecule has 2 aromatic rings. The molecule has 7 heteroatoms. The van der Waals surface area contributed by atoms with Crippen molar-refractivity contribution in [3.05, 3.63) is 63.7 Å². The number of thioether (sulfide) groups is 1. The average Bonchev–Trinajstić information content (AvgIpc) is 2.81. The first-order chi connectivity index (χ1) is 16.2. The normalized spacial score (nSPS) is 11.4. The number of aryl methyl sites for hydroxylation is 2. The predicted octanol–water partition coefficient (Wildman–Crippen LogP) is 6.54. The standard InChI is InChI=1S/C25H33NO3S.C2H4O2/c1-7-8-21-10-11-22(15-18(21)2)29-14-13-23(19(3)30-6)26-17-20-9-12-24(27-4)25(16-20)28-5;1-2(3)4/h9-12,15-17H,7-8,13-14H2,1-6H3;1H3,(H,3,4)/b23-19-,26-17?;. The Morgan fingerprint density at radius 1 is 1.09 bits per heavy atom. The van der Waals surface area contributed by atoms with Gasteiger partial charge in [0.2, 0.25) is 0 Å². The van der Waals surface area contributed by atoms with Gasteiger partial charge in [-0.15, -0.1) is 11.8 Å². The number of hydrogen-bond acceptors (Lipinski definition) is 6. The highest BCUT2D eigenvalue weighted by molar-refractivity contribution is 8.02. The molecule has 0 spiro atoms. The first-order valence-electron chi connectivity index (χ1n) is 11.2. The molecule has 2 aromatic carbocycles. The summed E-state index contributed by atoms with van der Waals surface area (Å²) in [5, 5.41) is 7.42. The van der Waals surface area contributed by atoms with Crippen LogP contribution in [-0.2, 0) is 11.2 Å². The Morgan fingerprint density at radius 2 is 1.76 bits per heavy atom. The van der Waals surface area contributed by atoms with Crippen LogP contribution in [0.5, 0.6) is 17.2 Å². The van der Waals surface area contributed by atoms with Crippen molar-refractivity contribution in [3.8, 4) is 17.2 Å². The van der Waals surface area contributed by atoms with Crippen LogP contribution in [0.25, 0.3) is 0 Å². The Labute approximate surface area is 208 Å². The van der Waals surface area contributed by atoms with Crippen LogP contribution in [0, 0.1) is 6.92 Å². The number of rotatable bonds is 11. The number of ether oxygens (including phenoxy) is 3. The Kier molecular flexibility index (Phi) is 13.5. The monoisotopic (exact) mass is 487 g/mol. The van der Waals surface area contributed by atoms with Gasteiger partial charge < -0.3 is 19.3 Å². The zero-order chi connectivity index (χ0) is 25.5. The molecular weight excluding hydrogens is 450 g/mol. The van der Waals surface area contributed by atoms with Gasteiger partial charge in [-0.2, -0.15) is 0 Å². The van der Waals surface area contributed by atoms with Gasteiger partial charge in [0.15, 0.2) is 11.5 Å². The molecule has 2 rings (SSSR count). The number of aliphatic carboxylic acids is 1. The molecule has 0 fully saturated rings. The van der Waals surface area contributed by atoms with Crippen molar-refractivity contribution in [3.63, 3.8) is 0 Å². The van der Waals surface area contributed by atoms with E-state index in [1.807, 2.05) is 24.4 Å². The maximum atomic E-state index is 9.00. The quantitative estimate of drug-likeness (QED) is 0.363. The smallest absolute Gasteiger partial charge is 0.300 e. The molecule has 0 aliphatic heterocycles. The molecule has 6 nitrogen and oxygen atoms in total. The summed E-state index contributed by atoms with van der Waals surface area (Å²) in [7, 11) is 3.27. The first kappa shape index (κ1) is 29.1. The molecule has 0 amide bonds. The highest BCUT2D eigenvalue weighted by Crippen LogP contribution is 2.27. The highest BCUT2D eigenvalue weighted by atomic mass is 32.2. The van der Waals surface area contributed by atoms with Crippen LogP contribution in [0.4, 0.5) is 0 Å². The Balaban J connectivity index is 0.00000133. The largest absolute Gasteiger partial charge is 0.493 e. The van der Waals surface area contributed by atoms with E-state index in [4.69, 9.17) is 29.1 Å². The van der Waals surface area contributed by atoms with Crippen LogP contribution in [0.1, 0.15) is 50.3 Å². The highest BCUT2D eigenvalue weighted by Gasteiger charge is 2.06. The van der Waals surface area contributed by atoms with Gasteiger partial charge in [-0.3, -0.25) is 9.79 Å². The van der Waals surface area contributed by atoms with Crippen LogP contribution in [0.3, 0.4) is 0 Å². The Bertz CT molecular complexity index is 981. The zero-order valence-corrected chi connectivity index (χ0v) is 22.1. The van der Waals surface area contributed by atoms with Crippen molar-refractivity contribution < 1.29 is 24.1 Å². The molecule has 0 aliphatic carbocycles. The lowest BCUT2D eigenvalue weighted by atomic mass is 10.0. The van der Waals surface area contributed by atoms with E-state index in [9.17, 15) is 0 Å². The third-order valence-electron chi connectivity index (χ3n) is 4.93. The second-order valence-corrected chi connectivity index (χ2v) is 8.56. The molecule has 0 aliphatic rings. The maximum absolute atomic E-state index is 9.00. The van der Waals surface area contributed by atoms with Gasteiger partial charge in [-0.25, -0.2) is 0 Å². The van der Waals surface area contributed by atoms with Crippen molar-refractivity contribution >= 4 is 23.9 Å². The summed E-state index contributed by atoms with van der Waals surface area (Å²) < 4.78 is 16.7. The van der Waals surface area contributed by atoms with Crippen molar-refractivity contribution in [2.45, 2.75) is 47.0 Å². The SMILES string of the molecule is CC(=O)O.CCCc1ccc(OCC/C(N=Cc2ccc(OC)c(OC)c2)=C(\C)SC)cc1C. The van der Waals surface area contributed by atoms with Crippen molar-refractivity contribution in [2.75, 3.05) is 27.1 Å². The van der Waals surface area contributed by atoms with E-state index in [1.165, 1.54) is 16.0 Å². The van der Waals surface area contributed by atoms with E-state index in [0.717, 1.165) is 43.2 Å². The number of allylic oxidation sites excluding steroid dienone is 1. The van der Waals surface area contributed by atoms with E-state index >= 15 is 0 Å². The first-order valence-corrected chi connectivity index (χ1v) is 12.4. The summed E-state index contributed by atoms with van der Waals surface area (Å²) in [6.07, 6.45) is 6.93. The third kappa shape index (κ3) is 10.3. The maximum Gasteiger partial charge on any atom is 0.300 e. The third-order valence-corrected chi connectivity index (χ3v) is 5.78. The van der Waals surface area contributed by atoms with E-state index in [0.29, 0.717) is 18.1 Å². The minimum Gasteiger partial charge on any atom is -0.493 e. The second kappa shape index (κ2) is 15.8. The van der Waals surface area contributed by atoms with Crippen LogP contribution >= 0.6 is 11.8 Å². The average molecular weight is 488 g/mol. The summed E-state index contributed by atoms with van der Waals surface area (Å²) in [6.45, 7) is 8.11. The van der Waals surface area contributed by atoms with E-state index < -0.39 is 5.97 Å². The molecule has 0 saturated carbocycles. The summed E-state index contributed by atoms with van der Waals surface area (Å²) in [4.78, 5) is 14.9. The summed E-state index contributed by atoms with van der Waals surface area (Å²) in [6, 6.07) is 12.1. The predicted molar refractivity (Wildman–Crippen MR) is 142 cm³/mol. The summed E-state index contributed by atoms with van der Waals surface area (Å²) in [5.74, 6) is 1.48. The number of carboxylic acid groups (broad SMARTS) is 1. The van der Waals surface area contributed by atoms with Gasteiger partial charge in [-0.1, -0.05) is 19.4 Å². The van der Waals surface area contributed by atoms with Gasteiger partial charge in [0.25, 0.3) is 5.97 Å². The van der Waals surface area contributed by atoms with Crippen molar-refractivity contribution in [1.29, 1.82) is 0 Å². The number of hydrogen-bond donors (Lipinski definition) is 1. The van der Waals surface area contributed by atoms with Crippen molar-refractivity contribution in [1.82, 2.24) is 0 Å². The number of aliphatic imine (C=N–C) groups is 1. The van der Waals surface area contributed by atoms with Crippen LogP contribution in [0.2, 0.25) is 0 Å². The fraction of sp³-hybridized carbons (Fsp3) is 0.407. The van der Waals surface area contributed by atoms with E-state index in [-0.39, 0.29) is 0 Å². The van der Waals surface area contributed by atoms with E-state index in [2.05, 4.69) is 45.2 Å². The van der Waals surface area contributed by atoms with Gasteiger partial charge in [0, 0.05) is 24.5 Å². The number of methoxy groups -OCH3 is 2. The van der Waals surface area contributed by atoms with Crippen molar-refractivity contribution in [2.24, 2.45) is 4.99 Å². The molecule has 0 unspecified atom stereocenters. The zero-order valence-electron chi connectivity index (χ0n) is 21.3. The van der Waals surface area contributed by atoms with Gasteiger partial charge >= 0.3 is 0 Å². The molecule has 186 valence electrons. The summed E-state index contributed by atoms with van der Waals surface area (Å²) >= 11 is 1.70. The molecular formula is C27H37NO5S. The number of benzene rings is 2. The van der Waals surface area contributed by atoms with Gasteiger partial charge in [-0.05, 0) is 73.5 Å². The Hall–Kier alpha value is -2.93. The van der Waals surface area contributed by atoms with E-state index in [1.54, 1.807) is 26.0 Å². The lowest BCUT2D eigenvalue weighted by Gasteiger charge is -2.11. The fourth-order valence-corrected chi connectivity index (χ4v) is 3.50. The van der Waals surface area contributed by atoms with Gasteiger partial charge in [0.1, 0.15) is 5.75 Å². The summed E-state index contributed by atoms with van der Waals surface area (Å²) in [5.41, 5.74) is 4.67. The van der Waals surface area contributed by atoms with Crippen LogP contribution in [-0.4, -0.2) is 44.4 Å². The minimum atomic E-state index is -0.833. The molecule has 0 bridgehead atoms. The molecule has 0 atom stereocenters. The lowest BCUT2D eigenvalue weighted by molar-refractivity contribution is -0.134. The molecule has 0 saturated heterocycles. The topological polar surface area (TPSA) is 77.4 Å². The van der Waals surface area contributed by atoms with Crippen LogP contribution in [0.15, 0.2) is 52.0 Å². The lowest BCUT2D eigenvalue weighted by Crippen LogP contribution is -2.01. The molecule has 34 heavy (non-hydrogen) atoms. The number of carboxylic acids is 1. The van der Waals surface area contributed by atoms with Gasteiger partial charge in [0.05, 0.1) is 26.5 Å². The minimum absolute atomic E-state index is 0.586. The molecule has 1 N–H and O–H groups in total. The fourth-order valence-electron chi connectivity index (χ4n) is 3.11. The number of carbonyl (C=O) groups is 1. The number of nitrogens with zero attached hydrogens (tertiary/aromatic N) is 1. The molecule has 0 aromatic heterocycles.